The van der Waals surface area contributed by atoms with Gasteiger partial charge in [-0.3, -0.25) is 4.79 Å². The fraction of sp³-hybridized carbons (Fsp3) is 0.583. The highest BCUT2D eigenvalue weighted by Crippen LogP contribution is 2.33. The molecule has 1 amide bonds. The van der Waals surface area contributed by atoms with Gasteiger partial charge in [0.2, 0.25) is 5.13 Å². The zero-order valence-electron chi connectivity index (χ0n) is 10.9. The van der Waals surface area contributed by atoms with E-state index in [4.69, 9.17) is 5.73 Å². The van der Waals surface area contributed by atoms with Crippen molar-refractivity contribution in [2.45, 2.75) is 27.2 Å². The number of hydrogen-bond donors (Lipinski definition) is 1. The first-order chi connectivity index (χ1) is 8.45. The molecule has 2 heterocycles. The van der Waals surface area contributed by atoms with Crippen LogP contribution in [0.1, 0.15) is 27.2 Å². The molecule has 1 aromatic heterocycles. The largest absolute Gasteiger partial charge is 0.330 e. The molecule has 0 bridgehead atoms. The molecule has 0 aromatic carbocycles. The van der Waals surface area contributed by atoms with E-state index in [1.165, 1.54) is 16.3 Å². The summed E-state index contributed by atoms with van der Waals surface area (Å²) < 4.78 is 0. The molecule has 2 N–H and O–H groups in total. The molecule has 0 fully saturated rings. The fourth-order valence-corrected chi connectivity index (χ4v) is 2.64. The maximum atomic E-state index is 12.4. The lowest BCUT2D eigenvalue weighted by Crippen LogP contribution is -2.33. The average Bonchev–Trinajstić information content (AvgIpc) is 2.87. The lowest BCUT2D eigenvalue weighted by molar-refractivity contribution is -0.119. The van der Waals surface area contributed by atoms with Crippen LogP contribution in [0, 0.1) is 11.3 Å². The van der Waals surface area contributed by atoms with Crippen molar-refractivity contribution < 1.29 is 4.79 Å². The van der Waals surface area contributed by atoms with Crippen LogP contribution < -0.4 is 10.7 Å². The van der Waals surface area contributed by atoms with E-state index in [1.54, 1.807) is 6.20 Å². The molecule has 6 heteroatoms. The first kappa shape index (κ1) is 13.2. The number of amides is 1. The Morgan fingerprint density at radius 3 is 2.72 bits per heavy atom. The Morgan fingerprint density at radius 2 is 2.22 bits per heavy atom. The number of hydrazone groups is 1. The molecule has 0 spiro atoms. The minimum absolute atomic E-state index is 0.0136. The number of nitrogens with zero attached hydrogens (tertiary/aromatic N) is 3. The molecule has 18 heavy (non-hydrogen) atoms. The van der Waals surface area contributed by atoms with Gasteiger partial charge in [0.25, 0.3) is 5.91 Å². The lowest BCUT2D eigenvalue weighted by Gasteiger charge is -2.21. The molecule has 1 aliphatic heterocycles. The Bertz CT molecular complexity index is 461. The van der Waals surface area contributed by atoms with Gasteiger partial charge >= 0.3 is 0 Å². The van der Waals surface area contributed by atoms with Crippen molar-refractivity contribution in [3.63, 3.8) is 0 Å². The van der Waals surface area contributed by atoms with Crippen molar-refractivity contribution >= 4 is 28.1 Å². The van der Waals surface area contributed by atoms with E-state index < -0.39 is 0 Å². The van der Waals surface area contributed by atoms with Gasteiger partial charge in [-0.15, -0.1) is 11.3 Å². The van der Waals surface area contributed by atoms with Crippen LogP contribution in [0.25, 0.3) is 0 Å². The Balaban J connectivity index is 2.36. The zero-order chi connectivity index (χ0) is 13.3. The molecular formula is C12H18N4OS. The minimum Gasteiger partial charge on any atom is -0.330 e. The van der Waals surface area contributed by atoms with Crippen LogP contribution in [0.5, 0.6) is 0 Å². The first-order valence-corrected chi connectivity index (χ1v) is 6.85. The molecule has 5 nitrogen and oxygen atoms in total. The summed E-state index contributed by atoms with van der Waals surface area (Å²) >= 11 is 1.41. The smallest absolute Gasteiger partial charge is 0.258 e. The topological polar surface area (TPSA) is 71.6 Å². The van der Waals surface area contributed by atoms with Gasteiger partial charge in [-0.05, 0) is 13.0 Å². The standard InChI is InChI=1S/C12H18N4OS/c1-12(2,3)9-8(4-5-13)10(17)16(15-9)11-14-6-7-18-11/h6-8H,4-5,13H2,1-3H3. The summed E-state index contributed by atoms with van der Waals surface area (Å²) in [5.41, 5.74) is 6.36. The highest BCUT2D eigenvalue weighted by atomic mass is 32.1. The maximum absolute atomic E-state index is 12.4. The number of carbonyl (C=O) groups is 1. The van der Waals surface area contributed by atoms with Crippen molar-refractivity contribution in [2.24, 2.45) is 22.2 Å². The third-order valence-electron chi connectivity index (χ3n) is 2.87. The highest BCUT2D eigenvalue weighted by molar-refractivity contribution is 7.13. The third kappa shape index (κ3) is 2.30. The van der Waals surface area contributed by atoms with Gasteiger partial charge in [0, 0.05) is 17.0 Å². The van der Waals surface area contributed by atoms with Crippen LogP contribution in [0.2, 0.25) is 0 Å². The van der Waals surface area contributed by atoms with Crippen molar-refractivity contribution in [2.75, 3.05) is 11.6 Å². The van der Waals surface area contributed by atoms with Crippen LogP contribution in [-0.4, -0.2) is 23.1 Å². The summed E-state index contributed by atoms with van der Waals surface area (Å²) in [4.78, 5) is 16.5. The summed E-state index contributed by atoms with van der Waals surface area (Å²) in [6.07, 6.45) is 2.31. The maximum Gasteiger partial charge on any atom is 0.258 e. The first-order valence-electron chi connectivity index (χ1n) is 5.97. The highest BCUT2D eigenvalue weighted by Gasteiger charge is 2.41. The van der Waals surface area contributed by atoms with Crippen molar-refractivity contribution in [1.29, 1.82) is 0 Å². The monoisotopic (exact) mass is 266 g/mol. The molecule has 1 atom stereocenters. The van der Waals surface area contributed by atoms with Crippen molar-refractivity contribution in [3.8, 4) is 0 Å². The summed E-state index contributed by atoms with van der Waals surface area (Å²) in [7, 11) is 0. The molecule has 0 saturated heterocycles. The molecular weight excluding hydrogens is 248 g/mol. The summed E-state index contributed by atoms with van der Waals surface area (Å²) in [6.45, 7) is 6.67. The Hall–Kier alpha value is -1.27. The number of anilines is 1. The van der Waals surface area contributed by atoms with E-state index in [1.807, 2.05) is 5.38 Å². The Labute approximate surface area is 111 Å². The predicted octanol–water partition coefficient (Wildman–Crippen LogP) is 1.86. The number of aromatic nitrogens is 1. The Kier molecular flexibility index (Phi) is 3.49. The SMILES string of the molecule is CC(C)(C)C1=NN(c2nccs2)C(=O)C1CCN. The summed E-state index contributed by atoms with van der Waals surface area (Å²) in [5, 5.41) is 8.36. The van der Waals surface area contributed by atoms with Crippen molar-refractivity contribution in [3.05, 3.63) is 11.6 Å². The van der Waals surface area contributed by atoms with Gasteiger partial charge in [-0.25, -0.2) is 4.98 Å². The van der Waals surface area contributed by atoms with Crippen LogP contribution in [0.3, 0.4) is 0 Å². The number of rotatable bonds is 3. The van der Waals surface area contributed by atoms with E-state index in [-0.39, 0.29) is 17.2 Å². The van der Waals surface area contributed by atoms with E-state index in [9.17, 15) is 4.79 Å². The lowest BCUT2D eigenvalue weighted by atomic mass is 9.81. The van der Waals surface area contributed by atoms with Crippen LogP contribution in [0.4, 0.5) is 5.13 Å². The predicted molar refractivity (Wildman–Crippen MR) is 73.7 cm³/mol. The van der Waals surface area contributed by atoms with Gasteiger partial charge in [0.1, 0.15) is 0 Å². The molecule has 0 saturated carbocycles. The third-order valence-corrected chi connectivity index (χ3v) is 3.62. The molecule has 0 radical (unpaired) electrons. The Morgan fingerprint density at radius 1 is 1.50 bits per heavy atom. The number of nitrogens with two attached hydrogens (primary N) is 1. The van der Waals surface area contributed by atoms with Gasteiger partial charge in [0.15, 0.2) is 0 Å². The van der Waals surface area contributed by atoms with Crippen LogP contribution in [0.15, 0.2) is 16.7 Å². The summed E-state index contributed by atoms with van der Waals surface area (Å²) in [6, 6.07) is 0. The second kappa shape index (κ2) is 4.78. The van der Waals surface area contributed by atoms with E-state index >= 15 is 0 Å². The molecule has 1 aliphatic rings. The zero-order valence-corrected chi connectivity index (χ0v) is 11.7. The quantitative estimate of drug-likeness (QED) is 0.907. The van der Waals surface area contributed by atoms with Gasteiger partial charge in [-0.1, -0.05) is 20.8 Å². The molecule has 2 rings (SSSR count). The normalized spacial score (nSPS) is 20.4. The second-order valence-corrected chi connectivity index (χ2v) is 6.20. The van der Waals surface area contributed by atoms with Crippen molar-refractivity contribution in [1.82, 2.24) is 4.98 Å². The van der Waals surface area contributed by atoms with Crippen LogP contribution >= 0.6 is 11.3 Å². The fourth-order valence-electron chi connectivity index (χ4n) is 2.05. The van der Waals surface area contributed by atoms with Gasteiger partial charge in [0.05, 0.1) is 11.6 Å². The summed E-state index contributed by atoms with van der Waals surface area (Å²) in [5.74, 6) is -0.223. The molecule has 98 valence electrons. The van der Waals surface area contributed by atoms with Gasteiger partial charge < -0.3 is 5.73 Å². The second-order valence-electron chi connectivity index (χ2n) is 5.33. The van der Waals surface area contributed by atoms with Gasteiger partial charge in [-0.2, -0.15) is 10.1 Å². The average molecular weight is 266 g/mol. The van der Waals surface area contributed by atoms with E-state index in [0.717, 1.165) is 5.71 Å². The number of thiazole rings is 1. The van der Waals surface area contributed by atoms with E-state index in [2.05, 4.69) is 30.9 Å². The number of hydrogen-bond acceptors (Lipinski definition) is 5. The number of carbonyl (C=O) groups excluding carboxylic acids is 1. The molecule has 0 aliphatic carbocycles. The van der Waals surface area contributed by atoms with E-state index in [0.29, 0.717) is 18.1 Å². The minimum atomic E-state index is -0.209. The van der Waals surface area contributed by atoms with Crippen LogP contribution in [-0.2, 0) is 4.79 Å². The molecule has 1 unspecified atom stereocenters. The molecule has 1 aromatic rings.